The molecule has 0 amide bonds. The lowest BCUT2D eigenvalue weighted by Crippen LogP contribution is -2.59. The van der Waals surface area contributed by atoms with Crippen LogP contribution < -0.4 is 5.32 Å². The summed E-state index contributed by atoms with van der Waals surface area (Å²) in [5.41, 5.74) is 0.622. The Balaban J connectivity index is 1.12. The van der Waals surface area contributed by atoms with Gasteiger partial charge in [-0.2, -0.15) is 0 Å². The minimum Gasteiger partial charge on any atom is -0.311 e. The Morgan fingerprint density at radius 1 is 0.656 bits per heavy atom. The number of hydrogen-bond acceptors (Lipinski definition) is 1. The van der Waals surface area contributed by atoms with E-state index in [0.717, 1.165) is 59.4 Å². The molecule has 0 aromatic carbocycles. The summed E-state index contributed by atoms with van der Waals surface area (Å²) in [6.45, 7) is 10.2. The second kappa shape index (κ2) is 9.91. The van der Waals surface area contributed by atoms with Gasteiger partial charge in [0.15, 0.2) is 0 Å². The van der Waals surface area contributed by atoms with E-state index in [1.54, 1.807) is 19.3 Å². The zero-order valence-corrected chi connectivity index (χ0v) is 22.1. The van der Waals surface area contributed by atoms with Gasteiger partial charge in [0, 0.05) is 12.1 Å². The zero-order chi connectivity index (χ0) is 22.3. The number of hydrogen-bond donors (Lipinski definition) is 1. The highest BCUT2D eigenvalue weighted by Gasteiger charge is 2.59. The summed E-state index contributed by atoms with van der Waals surface area (Å²) in [5.74, 6) is 8.05. The van der Waals surface area contributed by atoms with Gasteiger partial charge in [-0.3, -0.25) is 0 Å². The Labute approximate surface area is 200 Å². The highest BCUT2D eigenvalue weighted by atomic mass is 15.0. The Bertz CT molecular complexity index is 598. The van der Waals surface area contributed by atoms with Crippen LogP contribution in [0.5, 0.6) is 0 Å². The molecule has 0 bridgehead atoms. The van der Waals surface area contributed by atoms with Crippen molar-refractivity contribution in [2.24, 2.45) is 52.8 Å². The first kappa shape index (κ1) is 23.7. The van der Waals surface area contributed by atoms with E-state index in [-0.39, 0.29) is 0 Å². The van der Waals surface area contributed by atoms with E-state index in [9.17, 15) is 0 Å². The predicted molar refractivity (Wildman–Crippen MR) is 138 cm³/mol. The van der Waals surface area contributed by atoms with Crippen molar-refractivity contribution in [1.82, 2.24) is 5.32 Å². The molecule has 5 rings (SSSR count). The summed E-state index contributed by atoms with van der Waals surface area (Å²) >= 11 is 0. The molecule has 1 nitrogen and oxygen atoms in total. The molecule has 32 heavy (non-hydrogen) atoms. The van der Waals surface area contributed by atoms with Gasteiger partial charge in [0.1, 0.15) is 0 Å². The number of fused-ring (bicyclic) bond motifs is 1. The maximum atomic E-state index is 4.29. The molecule has 5 aliphatic carbocycles. The molecule has 0 heterocycles. The van der Waals surface area contributed by atoms with Gasteiger partial charge in [-0.25, -0.2) is 0 Å². The Hall–Kier alpha value is -0.0400. The van der Waals surface area contributed by atoms with Crippen molar-refractivity contribution in [2.45, 2.75) is 143 Å². The third-order valence-electron chi connectivity index (χ3n) is 12.6. The number of rotatable bonds is 5. The van der Waals surface area contributed by atoms with Crippen LogP contribution in [-0.2, 0) is 0 Å². The lowest BCUT2D eigenvalue weighted by molar-refractivity contribution is -0.167. The number of nitrogens with one attached hydrogen (secondary N) is 1. The van der Waals surface area contributed by atoms with E-state index in [0.29, 0.717) is 5.41 Å². The molecule has 5 aliphatic rings. The molecule has 0 aromatic rings. The molecule has 0 radical (unpaired) electrons. The Kier molecular flexibility index (Phi) is 7.34. The summed E-state index contributed by atoms with van der Waals surface area (Å²) in [5, 5.41) is 4.29. The zero-order valence-electron chi connectivity index (χ0n) is 22.1. The van der Waals surface area contributed by atoms with Crippen LogP contribution in [0, 0.1) is 52.8 Å². The van der Waals surface area contributed by atoms with Crippen LogP contribution in [0.25, 0.3) is 0 Å². The van der Waals surface area contributed by atoms with E-state index < -0.39 is 0 Å². The van der Waals surface area contributed by atoms with E-state index in [2.05, 4.69) is 33.0 Å². The average molecular weight is 442 g/mol. The largest absolute Gasteiger partial charge is 0.311 e. The van der Waals surface area contributed by atoms with Crippen LogP contribution in [0.4, 0.5) is 0 Å². The SMILES string of the molecule is CC(C)C1(C)C(C)C2CCC(C3CCC(NC4CCCCC4C4CCCCC4)CC3)CC21. The topological polar surface area (TPSA) is 12.0 Å². The summed E-state index contributed by atoms with van der Waals surface area (Å²) in [6.07, 6.45) is 24.2. The second-order valence-electron chi connectivity index (χ2n) is 13.9. The fraction of sp³-hybridized carbons (Fsp3) is 1.00. The van der Waals surface area contributed by atoms with Gasteiger partial charge >= 0.3 is 0 Å². The standard InChI is InChI=1S/C31H55N/c1-21(2)31(4)22(3)27-19-16-25(20-29(27)31)23-14-17-26(18-15-23)32-30-13-9-8-12-28(30)24-10-6-5-7-11-24/h21-30,32H,5-20H2,1-4H3. The Morgan fingerprint density at radius 3 is 2.03 bits per heavy atom. The van der Waals surface area contributed by atoms with E-state index in [1.807, 2.05) is 0 Å². The van der Waals surface area contributed by atoms with Gasteiger partial charge in [0.05, 0.1) is 0 Å². The summed E-state index contributed by atoms with van der Waals surface area (Å²) in [6, 6.07) is 1.69. The molecular formula is C31H55N. The summed E-state index contributed by atoms with van der Waals surface area (Å²) in [4.78, 5) is 0. The minimum absolute atomic E-state index is 0.622. The maximum Gasteiger partial charge on any atom is 0.0101 e. The normalized spacial score (nSPS) is 48.3. The lowest BCUT2D eigenvalue weighted by atomic mass is 9.40. The van der Waals surface area contributed by atoms with Gasteiger partial charge in [0.2, 0.25) is 0 Å². The highest BCUT2D eigenvalue weighted by Crippen LogP contribution is 2.66. The lowest BCUT2D eigenvalue weighted by Gasteiger charge is -2.65. The van der Waals surface area contributed by atoms with Gasteiger partial charge < -0.3 is 5.32 Å². The molecule has 5 fully saturated rings. The predicted octanol–water partition coefficient (Wildman–Crippen LogP) is 8.62. The summed E-state index contributed by atoms with van der Waals surface area (Å²) < 4.78 is 0. The van der Waals surface area contributed by atoms with Crippen LogP contribution in [0.3, 0.4) is 0 Å². The molecule has 1 N–H and O–H groups in total. The first-order valence-corrected chi connectivity index (χ1v) is 15.2. The molecular weight excluding hydrogens is 386 g/mol. The van der Waals surface area contributed by atoms with Crippen molar-refractivity contribution in [3.05, 3.63) is 0 Å². The molecule has 0 aliphatic heterocycles. The van der Waals surface area contributed by atoms with Crippen molar-refractivity contribution in [2.75, 3.05) is 0 Å². The third-order valence-corrected chi connectivity index (χ3v) is 12.6. The molecule has 1 heteroatoms. The van der Waals surface area contributed by atoms with Crippen molar-refractivity contribution in [3.8, 4) is 0 Å². The third kappa shape index (κ3) is 4.35. The van der Waals surface area contributed by atoms with Crippen LogP contribution in [0.2, 0.25) is 0 Å². The smallest absolute Gasteiger partial charge is 0.0101 e. The molecule has 7 unspecified atom stereocenters. The molecule has 7 atom stereocenters. The van der Waals surface area contributed by atoms with Crippen LogP contribution >= 0.6 is 0 Å². The van der Waals surface area contributed by atoms with Gasteiger partial charge in [-0.05, 0) is 111 Å². The van der Waals surface area contributed by atoms with Crippen molar-refractivity contribution >= 4 is 0 Å². The first-order valence-electron chi connectivity index (χ1n) is 15.2. The fourth-order valence-corrected chi connectivity index (χ4v) is 10.2. The fourth-order valence-electron chi connectivity index (χ4n) is 10.2. The van der Waals surface area contributed by atoms with E-state index in [1.165, 1.54) is 83.5 Å². The summed E-state index contributed by atoms with van der Waals surface area (Å²) in [7, 11) is 0. The van der Waals surface area contributed by atoms with Gasteiger partial charge in [0.25, 0.3) is 0 Å². The minimum atomic E-state index is 0.622. The van der Waals surface area contributed by atoms with Crippen LogP contribution in [-0.4, -0.2) is 12.1 Å². The molecule has 0 spiro atoms. The monoisotopic (exact) mass is 441 g/mol. The van der Waals surface area contributed by atoms with Gasteiger partial charge in [-0.1, -0.05) is 72.6 Å². The van der Waals surface area contributed by atoms with Crippen LogP contribution in [0.15, 0.2) is 0 Å². The first-order chi connectivity index (χ1) is 15.5. The Morgan fingerprint density at radius 2 is 1.31 bits per heavy atom. The van der Waals surface area contributed by atoms with E-state index in [4.69, 9.17) is 0 Å². The molecule has 0 saturated heterocycles. The second-order valence-corrected chi connectivity index (χ2v) is 13.9. The van der Waals surface area contributed by atoms with Gasteiger partial charge in [-0.15, -0.1) is 0 Å². The van der Waals surface area contributed by atoms with Crippen LogP contribution in [0.1, 0.15) is 130 Å². The van der Waals surface area contributed by atoms with Crippen molar-refractivity contribution < 1.29 is 0 Å². The molecule has 184 valence electrons. The van der Waals surface area contributed by atoms with E-state index >= 15 is 0 Å². The van der Waals surface area contributed by atoms with Crippen molar-refractivity contribution in [3.63, 3.8) is 0 Å². The molecule has 5 saturated carbocycles. The highest BCUT2D eigenvalue weighted by molar-refractivity contribution is 5.08. The average Bonchev–Trinajstić information content (AvgIpc) is 2.84. The quantitative estimate of drug-likeness (QED) is 0.450. The maximum absolute atomic E-state index is 4.29. The van der Waals surface area contributed by atoms with Crippen molar-refractivity contribution in [1.29, 1.82) is 0 Å². The molecule has 0 aromatic heterocycles.